The molecule has 1 fully saturated rings. The molecular weight excluding hydrogens is 223 g/mol. The van der Waals surface area contributed by atoms with Gasteiger partial charge in [-0.1, -0.05) is 12.8 Å². The molecular formula is C10H21BN2O4. The molecule has 1 aliphatic rings. The fourth-order valence-electron chi connectivity index (χ4n) is 2.33. The lowest BCUT2D eigenvalue weighted by Gasteiger charge is -2.37. The Morgan fingerprint density at radius 3 is 2.71 bits per heavy atom. The number of carboxylic acids is 1. The van der Waals surface area contributed by atoms with Gasteiger partial charge in [0.15, 0.2) is 0 Å². The van der Waals surface area contributed by atoms with Crippen LogP contribution in [0, 0.1) is 0 Å². The first kappa shape index (κ1) is 14.4. The van der Waals surface area contributed by atoms with Crippen LogP contribution in [-0.4, -0.2) is 46.4 Å². The summed E-state index contributed by atoms with van der Waals surface area (Å²) >= 11 is 0. The van der Waals surface area contributed by atoms with Crippen molar-refractivity contribution >= 4 is 13.1 Å². The predicted molar refractivity (Wildman–Crippen MR) is 64.4 cm³/mol. The highest BCUT2D eigenvalue weighted by atomic mass is 16.4. The Morgan fingerprint density at radius 1 is 1.47 bits per heavy atom. The molecule has 6 N–H and O–H groups in total. The van der Waals surface area contributed by atoms with E-state index in [0.717, 1.165) is 6.42 Å². The molecule has 17 heavy (non-hydrogen) atoms. The molecule has 0 saturated carbocycles. The van der Waals surface area contributed by atoms with Gasteiger partial charge in [-0.2, -0.15) is 0 Å². The normalized spacial score (nSPS) is 29.0. The summed E-state index contributed by atoms with van der Waals surface area (Å²) in [6, 6.07) is -0.0733. The van der Waals surface area contributed by atoms with Crippen LogP contribution in [0.3, 0.4) is 0 Å². The Bertz CT molecular complexity index is 265. The van der Waals surface area contributed by atoms with Crippen molar-refractivity contribution in [2.24, 2.45) is 5.73 Å². The first-order chi connectivity index (χ1) is 7.96. The Morgan fingerprint density at radius 2 is 2.18 bits per heavy atom. The maximum Gasteiger partial charge on any atom is 0.451 e. The van der Waals surface area contributed by atoms with E-state index in [-0.39, 0.29) is 12.4 Å². The minimum Gasteiger partial charge on any atom is -0.480 e. The number of hydrogen-bond donors (Lipinski definition) is 5. The van der Waals surface area contributed by atoms with Crippen molar-refractivity contribution in [1.29, 1.82) is 0 Å². The molecule has 0 aromatic rings. The van der Waals surface area contributed by atoms with Crippen LogP contribution >= 0.6 is 0 Å². The zero-order valence-corrected chi connectivity index (χ0v) is 9.93. The topological polar surface area (TPSA) is 116 Å². The van der Waals surface area contributed by atoms with E-state index >= 15 is 0 Å². The highest BCUT2D eigenvalue weighted by molar-refractivity contribution is 6.40. The molecule has 0 radical (unpaired) electrons. The zero-order chi connectivity index (χ0) is 12.9. The Labute approximate surface area is 101 Å². The zero-order valence-electron chi connectivity index (χ0n) is 9.93. The van der Waals surface area contributed by atoms with Crippen molar-refractivity contribution in [2.75, 3.05) is 6.54 Å². The van der Waals surface area contributed by atoms with Crippen molar-refractivity contribution in [1.82, 2.24) is 5.32 Å². The molecule has 1 aliphatic heterocycles. The van der Waals surface area contributed by atoms with Gasteiger partial charge in [0.25, 0.3) is 0 Å². The summed E-state index contributed by atoms with van der Waals surface area (Å²) < 4.78 is 0. The van der Waals surface area contributed by atoms with Crippen molar-refractivity contribution in [3.63, 3.8) is 0 Å². The van der Waals surface area contributed by atoms with Gasteiger partial charge in [-0.15, -0.1) is 0 Å². The first-order valence-electron chi connectivity index (χ1n) is 6.06. The largest absolute Gasteiger partial charge is 0.480 e. The van der Waals surface area contributed by atoms with Gasteiger partial charge in [0.1, 0.15) is 5.54 Å². The van der Waals surface area contributed by atoms with E-state index in [1.165, 1.54) is 0 Å². The van der Waals surface area contributed by atoms with Crippen LogP contribution < -0.4 is 11.1 Å². The second kappa shape index (κ2) is 6.35. The summed E-state index contributed by atoms with van der Waals surface area (Å²) in [6.45, 7) is 0.621. The van der Waals surface area contributed by atoms with Gasteiger partial charge >= 0.3 is 13.1 Å². The molecule has 0 spiro atoms. The molecule has 0 aromatic carbocycles. The lowest BCUT2D eigenvalue weighted by atomic mass is 9.79. The van der Waals surface area contributed by atoms with Crippen molar-refractivity contribution < 1.29 is 19.9 Å². The van der Waals surface area contributed by atoms with Crippen LogP contribution in [-0.2, 0) is 4.79 Å². The third-order valence-electron chi connectivity index (χ3n) is 3.31. The first-order valence-corrected chi connectivity index (χ1v) is 6.06. The number of nitrogens with one attached hydrogen (secondary N) is 1. The molecule has 0 bridgehead atoms. The van der Waals surface area contributed by atoms with Crippen LogP contribution in [0.1, 0.15) is 32.1 Å². The number of rotatable bonds is 6. The van der Waals surface area contributed by atoms with Crippen LogP contribution in [0.25, 0.3) is 0 Å². The Kier molecular flexibility index (Phi) is 5.39. The van der Waals surface area contributed by atoms with Gasteiger partial charge in [-0.3, -0.25) is 4.79 Å². The van der Waals surface area contributed by atoms with E-state index in [4.69, 9.17) is 15.8 Å². The molecule has 0 unspecified atom stereocenters. The number of piperidine rings is 1. The average molecular weight is 244 g/mol. The van der Waals surface area contributed by atoms with Crippen LogP contribution in [0.15, 0.2) is 0 Å². The quantitative estimate of drug-likeness (QED) is 0.307. The molecule has 0 amide bonds. The molecule has 1 saturated heterocycles. The fraction of sp³-hybridized carbons (Fsp3) is 0.900. The van der Waals surface area contributed by atoms with Crippen LogP contribution in [0.5, 0.6) is 0 Å². The summed E-state index contributed by atoms with van der Waals surface area (Å²) in [4.78, 5) is 11.3. The highest BCUT2D eigenvalue weighted by Crippen LogP contribution is 2.25. The van der Waals surface area contributed by atoms with Crippen molar-refractivity contribution in [3.8, 4) is 0 Å². The number of nitrogens with two attached hydrogens (primary N) is 1. The van der Waals surface area contributed by atoms with Crippen molar-refractivity contribution in [3.05, 3.63) is 0 Å². The number of unbranched alkanes of at least 4 members (excludes halogenated alkanes) is 1. The lowest BCUT2D eigenvalue weighted by molar-refractivity contribution is -0.146. The molecule has 2 atom stereocenters. The van der Waals surface area contributed by atoms with Gasteiger partial charge in [0.05, 0.1) is 0 Å². The van der Waals surface area contributed by atoms with Gasteiger partial charge in [0, 0.05) is 6.04 Å². The highest BCUT2D eigenvalue weighted by Gasteiger charge is 2.41. The average Bonchev–Trinajstić information content (AvgIpc) is 2.24. The Balaban J connectivity index is 2.45. The summed E-state index contributed by atoms with van der Waals surface area (Å²) in [5.41, 5.74) is 4.88. The third kappa shape index (κ3) is 4.27. The predicted octanol–water partition coefficient (Wildman–Crippen LogP) is -0.836. The number of hydrogen-bond acceptors (Lipinski definition) is 5. The molecule has 7 heteroatoms. The van der Waals surface area contributed by atoms with Gasteiger partial charge in [-0.05, 0) is 32.1 Å². The fourth-order valence-corrected chi connectivity index (χ4v) is 2.33. The van der Waals surface area contributed by atoms with E-state index in [1.54, 1.807) is 0 Å². The minimum absolute atomic E-state index is 0.0733. The van der Waals surface area contributed by atoms with Crippen LogP contribution in [0.2, 0.25) is 6.32 Å². The van der Waals surface area contributed by atoms with E-state index < -0.39 is 18.6 Å². The van der Waals surface area contributed by atoms with E-state index in [0.29, 0.717) is 32.2 Å². The van der Waals surface area contributed by atoms with Gasteiger partial charge in [-0.25, -0.2) is 0 Å². The molecule has 0 aromatic heterocycles. The second-order valence-electron chi connectivity index (χ2n) is 4.79. The smallest absolute Gasteiger partial charge is 0.451 e. The SMILES string of the molecule is N[C@H]1CCN[C@](CCCCB(O)O)(C(=O)O)C1. The summed E-state index contributed by atoms with van der Waals surface area (Å²) in [5.74, 6) is -0.864. The van der Waals surface area contributed by atoms with Gasteiger partial charge < -0.3 is 26.2 Å². The van der Waals surface area contributed by atoms with Crippen molar-refractivity contribution in [2.45, 2.75) is 50.0 Å². The van der Waals surface area contributed by atoms with E-state index in [1.807, 2.05) is 0 Å². The summed E-state index contributed by atoms with van der Waals surface area (Å²) in [6.07, 6.45) is 3.23. The molecule has 1 rings (SSSR count). The van der Waals surface area contributed by atoms with E-state index in [2.05, 4.69) is 5.32 Å². The maximum atomic E-state index is 11.3. The minimum atomic E-state index is -1.31. The van der Waals surface area contributed by atoms with Gasteiger partial charge in [0.2, 0.25) is 0 Å². The number of carboxylic acid groups (broad SMARTS) is 1. The monoisotopic (exact) mass is 244 g/mol. The maximum absolute atomic E-state index is 11.3. The third-order valence-corrected chi connectivity index (χ3v) is 3.31. The van der Waals surface area contributed by atoms with Crippen LogP contribution in [0.4, 0.5) is 0 Å². The standard InChI is InChI=1S/C10H21BN2O4/c12-8-3-6-13-10(7-8,9(14)15)4-1-2-5-11(16)17/h8,13,16-17H,1-7,12H2,(H,14,15)/t8-,10-/m0/s1. The summed E-state index contributed by atoms with van der Waals surface area (Å²) in [7, 11) is -1.31. The number of carbonyl (C=O) groups is 1. The van der Waals surface area contributed by atoms with E-state index in [9.17, 15) is 9.90 Å². The summed E-state index contributed by atoms with van der Waals surface area (Å²) in [5, 5.41) is 29.8. The molecule has 98 valence electrons. The molecule has 1 heterocycles. The second-order valence-corrected chi connectivity index (χ2v) is 4.79. The Hall–Kier alpha value is -0.625. The number of aliphatic carboxylic acids is 1. The molecule has 6 nitrogen and oxygen atoms in total. The lowest BCUT2D eigenvalue weighted by Crippen LogP contribution is -2.59. The molecule has 0 aliphatic carbocycles.